The summed E-state index contributed by atoms with van der Waals surface area (Å²) in [6.07, 6.45) is 0. The van der Waals surface area contributed by atoms with Gasteiger partial charge in [-0.1, -0.05) is 92.5 Å². The average Bonchev–Trinajstić information content (AvgIpc) is 2.54. The molecule has 0 heterocycles. The maximum atomic E-state index is 12.4. The van der Waals surface area contributed by atoms with Gasteiger partial charge in [-0.3, -0.25) is 4.79 Å². The number of Topliss-reactive ketones (excluding diaryl/α,β-unsaturated/α-hetero) is 1. The number of ketones is 1. The van der Waals surface area contributed by atoms with E-state index in [1.54, 1.807) is 54.6 Å². The Kier molecular flexibility index (Phi) is 5.94. The van der Waals surface area contributed by atoms with Crippen molar-refractivity contribution < 1.29 is 13.2 Å². The third-order valence-electron chi connectivity index (χ3n) is 3.09. The highest BCUT2D eigenvalue weighted by Gasteiger charge is 2.34. The molecule has 0 spiro atoms. The number of halogens is 2. The molecule has 22 heavy (non-hydrogen) atoms. The van der Waals surface area contributed by atoms with E-state index in [1.807, 2.05) is 6.07 Å². The van der Waals surface area contributed by atoms with E-state index in [0.717, 1.165) is 0 Å². The lowest BCUT2D eigenvalue weighted by atomic mass is 10.1. The second-order valence-corrected chi connectivity index (χ2v) is 9.48. The Balaban J connectivity index is 2.15. The Morgan fingerprint density at radius 2 is 1.41 bits per heavy atom. The summed E-state index contributed by atoms with van der Waals surface area (Å²) in [7, 11) is -3.52. The normalized spacial score (nSPS) is 14.3. The Morgan fingerprint density at radius 1 is 0.909 bits per heavy atom. The summed E-state index contributed by atoms with van der Waals surface area (Å²) >= 11 is 6.38. The van der Waals surface area contributed by atoms with Gasteiger partial charge in [0.2, 0.25) is 0 Å². The minimum absolute atomic E-state index is 0.117. The van der Waals surface area contributed by atoms with E-state index in [9.17, 15) is 13.2 Å². The molecule has 0 bridgehead atoms. The number of rotatable bonds is 6. The van der Waals surface area contributed by atoms with Crippen LogP contribution in [0.5, 0.6) is 0 Å². The first-order valence-electron chi connectivity index (χ1n) is 6.55. The molecule has 0 saturated heterocycles. The van der Waals surface area contributed by atoms with Crippen LogP contribution in [0, 0.1) is 0 Å². The molecule has 2 aromatic carbocycles. The van der Waals surface area contributed by atoms with Gasteiger partial charge in [0.25, 0.3) is 0 Å². The molecule has 2 rings (SSSR count). The largest absolute Gasteiger partial charge is 0.293 e. The summed E-state index contributed by atoms with van der Waals surface area (Å²) in [5, 5.41) is 0. The van der Waals surface area contributed by atoms with Crippen LogP contribution in [-0.4, -0.2) is 23.2 Å². The topological polar surface area (TPSA) is 51.2 Å². The third-order valence-corrected chi connectivity index (χ3v) is 9.03. The molecule has 0 N–H and O–H groups in total. The second-order valence-electron chi connectivity index (χ2n) is 4.78. The van der Waals surface area contributed by atoms with Crippen LogP contribution < -0.4 is 0 Å². The van der Waals surface area contributed by atoms with Crippen molar-refractivity contribution >= 4 is 47.5 Å². The van der Waals surface area contributed by atoms with Crippen LogP contribution in [0.4, 0.5) is 0 Å². The van der Waals surface area contributed by atoms with Crippen molar-refractivity contribution in [2.24, 2.45) is 0 Å². The van der Waals surface area contributed by atoms with Crippen molar-refractivity contribution in [3.63, 3.8) is 0 Å². The highest BCUT2D eigenvalue weighted by atomic mass is 79.9. The first-order chi connectivity index (χ1) is 10.4. The van der Waals surface area contributed by atoms with E-state index < -0.39 is 18.8 Å². The highest BCUT2D eigenvalue weighted by Crippen LogP contribution is 2.26. The van der Waals surface area contributed by atoms with Gasteiger partial charge in [0.05, 0.1) is 5.75 Å². The Morgan fingerprint density at radius 3 is 1.95 bits per heavy atom. The number of benzene rings is 2. The lowest BCUT2D eigenvalue weighted by molar-refractivity contribution is 0.0995. The molecule has 2 atom stereocenters. The molecule has 0 aliphatic heterocycles. The molecule has 0 aliphatic carbocycles. The van der Waals surface area contributed by atoms with Gasteiger partial charge in [-0.05, 0) is 5.56 Å². The molecule has 0 radical (unpaired) electrons. The molecule has 0 saturated carbocycles. The average molecular weight is 446 g/mol. The lowest BCUT2D eigenvalue weighted by Crippen LogP contribution is -2.32. The van der Waals surface area contributed by atoms with Crippen molar-refractivity contribution in [2.45, 2.75) is 14.7 Å². The fraction of sp³-hybridized carbons (Fsp3) is 0.188. The van der Waals surface area contributed by atoms with E-state index in [1.165, 1.54) is 0 Å². The number of carbonyl (C=O) groups excluding carboxylic acids is 1. The number of sulfone groups is 1. The minimum Gasteiger partial charge on any atom is -0.293 e. The van der Waals surface area contributed by atoms with Gasteiger partial charge >= 0.3 is 0 Å². The summed E-state index contributed by atoms with van der Waals surface area (Å²) in [6.45, 7) is 0. The molecule has 2 aromatic rings. The van der Waals surface area contributed by atoms with Crippen LogP contribution in [0.2, 0.25) is 0 Å². The molecule has 6 heteroatoms. The predicted molar refractivity (Wildman–Crippen MR) is 95.3 cm³/mol. The maximum absolute atomic E-state index is 12.4. The molecular formula is C16H14Br2O3S. The number of hydrogen-bond acceptors (Lipinski definition) is 3. The van der Waals surface area contributed by atoms with Gasteiger partial charge in [-0.15, -0.1) is 0 Å². The summed E-state index contributed by atoms with van der Waals surface area (Å²) in [6, 6.07) is 17.5. The SMILES string of the molecule is O=C(c1ccccc1)C(Br)C(Br)S(=O)(=O)Cc1ccccc1. The van der Waals surface area contributed by atoms with Gasteiger partial charge in [-0.2, -0.15) is 0 Å². The van der Waals surface area contributed by atoms with Crippen LogP contribution in [0.3, 0.4) is 0 Å². The molecule has 0 aliphatic rings. The van der Waals surface area contributed by atoms with Crippen molar-refractivity contribution in [1.29, 1.82) is 0 Å². The van der Waals surface area contributed by atoms with Gasteiger partial charge in [0, 0.05) is 5.56 Å². The molecule has 3 nitrogen and oxygen atoms in total. The third kappa shape index (κ3) is 4.27. The van der Waals surface area contributed by atoms with Gasteiger partial charge in [-0.25, -0.2) is 8.42 Å². The van der Waals surface area contributed by atoms with E-state index in [4.69, 9.17) is 0 Å². The van der Waals surface area contributed by atoms with E-state index >= 15 is 0 Å². The first-order valence-corrected chi connectivity index (χ1v) is 10.1. The Labute approximate surface area is 146 Å². The van der Waals surface area contributed by atoms with Crippen LogP contribution in [0.15, 0.2) is 60.7 Å². The fourth-order valence-corrected chi connectivity index (χ4v) is 5.14. The molecule has 0 fully saturated rings. The summed E-state index contributed by atoms with van der Waals surface area (Å²) in [4.78, 5) is 11.5. The zero-order valence-corrected chi connectivity index (χ0v) is 15.5. The minimum atomic E-state index is -3.52. The standard InChI is InChI=1S/C16H14Br2O3S/c17-14(15(19)13-9-5-2-6-10-13)16(18)22(20,21)11-12-7-3-1-4-8-12/h1-10,14,16H,11H2. The lowest BCUT2D eigenvalue weighted by Gasteiger charge is -2.16. The molecule has 0 amide bonds. The Hall–Kier alpha value is -0.980. The van der Waals surface area contributed by atoms with Crippen LogP contribution >= 0.6 is 31.9 Å². The molecule has 116 valence electrons. The molecular weight excluding hydrogens is 432 g/mol. The summed E-state index contributed by atoms with van der Waals surface area (Å²) < 4.78 is 23.9. The van der Waals surface area contributed by atoms with Crippen LogP contribution in [-0.2, 0) is 15.6 Å². The Bertz CT molecular complexity index is 731. The summed E-state index contributed by atoms with van der Waals surface area (Å²) in [5.74, 6) is -0.382. The van der Waals surface area contributed by atoms with E-state index in [2.05, 4.69) is 31.9 Å². The predicted octanol–water partition coefficient (Wildman–Crippen LogP) is 3.97. The number of alkyl halides is 2. The number of hydrogen-bond donors (Lipinski definition) is 0. The summed E-state index contributed by atoms with van der Waals surface area (Å²) in [5.41, 5.74) is 1.17. The zero-order valence-electron chi connectivity index (χ0n) is 11.5. The second kappa shape index (κ2) is 7.53. The van der Waals surface area contributed by atoms with Crippen LogP contribution in [0.25, 0.3) is 0 Å². The van der Waals surface area contributed by atoms with Crippen molar-refractivity contribution in [2.75, 3.05) is 0 Å². The van der Waals surface area contributed by atoms with Gasteiger partial charge in [0.1, 0.15) is 8.99 Å². The van der Waals surface area contributed by atoms with E-state index in [-0.39, 0.29) is 11.5 Å². The fourth-order valence-electron chi connectivity index (χ4n) is 1.95. The van der Waals surface area contributed by atoms with Gasteiger partial charge in [0.15, 0.2) is 15.6 Å². The maximum Gasteiger partial charge on any atom is 0.178 e. The quantitative estimate of drug-likeness (QED) is 0.499. The van der Waals surface area contributed by atoms with Crippen molar-refractivity contribution in [3.05, 3.63) is 71.8 Å². The van der Waals surface area contributed by atoms with Gasteiger partial charge < -0.3 is 0 Å². The monoisotopic (exact) mass is 444 g/mol. The smallest absolute Gasteiger partial charge is 0.178 e. The van der Waals surface area contributed by atoms with Crippen molar-refractivity contribution in [3.8, 4) is 0 Å². The molecule has 2 unspecified atom stereocenters. The first kappa shape index (κ1) is 17.4. The highest BCUT2D eigenvalue weighted by molar-refractivity contribution is 9.13. The van der Waals surface area contributed by atoms with Crippen LogP contribution in [0.1, 0.15) is 15.9 Å². The van der Waals surface area contributed by atoms with Crippen molar-refractivity contribution in [1.82, 2.24) is 0 Å². The number of carbonyl (C=O) groups is 1. The zero-order chi connectivity index (χ0) is 16.2. The molecule has 0 aromatic heterocycles. The van der Waals surface area contributed by atoms with E-state index in [0.29, 0.717) is 11.1 Å².